The minimum Gasteiger partial charge on any atom is -0.492 e. The van der Waals surface area contributed by atoms with Crippen molar-refractivity contribution in [3.63, 3.8) is 0 Å². The van der Waals surface area contributed by atoms with Crippen LogP contribution in [0, 0.1) is 17.4 Å². The molecule has 3 aromatic rings. The first-order valence-electron chi connectivity index (χ1n) is 9.82. The predicted molar refractivity (Wildman–Crippen MR) is 133 cm³/mol. The van der Waals surface area contributed by atoms with Gasteiger partial charge in [0.25, 0.3) is 11.1 Å². The molecule has 1 saturated heterocycles. The lowest BCUT2D eigenvalue weighted by molar-refractivity contribution is -0.123. The normalized spacial score (nSPS) is 15.2. The van der Waals surface area contributed by atoms with E-state index in [-0.39, 0.29) is 24.3 Å². The maximum absolute atomic E-state index is 12.8. The smallest absolute Gasteiger partial charge is 0.293 e. The van der Waals surface area contributed by atoms with Crippen LogP contribution in [-0.4, -0.2) is 33.8 Å². The maximum atomic E-state index is 12.8. The highest BCUT2D eigenvalue weighted by atomic mass is 127. The zero-order chi connectivity index (χ0) is 22.0. The van der Waals surface area contributed by atoms with E-state index in [1.807, 2.05) is 56.3 Å². The Balaban J connectivity index is 1.50. The molecule has 0 bridgehead atoms. The standard InChI is InChI=1S/C24H21IN2O3S/c1-16-14-18(17(2)27(16)20-10-8-19(25)9-11-20)15-22-23(28)26(24(29)31-22)12-13-30-21-6-4-3-5-7-21/h3-11,14-15H,12-13H2,1-2H3/b22-15-. The van der Waals surface area contributed by atoms with Crippen LogP contribution in [0.3, 0.4) is 0 Å². The number of hydrogen-bond acceptors (Lipinski definition) is 4. The third-order valence-electron chi connectivity index (χ3n) is 5.04. The van der Waals surface area contributed by atoms with Crippen molar-refractivity contribution in [2.75, 3.05) is 13.2 Å². The number of carbonyl (C=O) groups excluding carboxylic acids is 2. The lowest BCUT2D eigenvalue weighted by atomic mass is 10.2. The molecule has 1 aliphatic heterocycles. The van der Waals surface area contributed by atoms with Crippen molar-refractivity contribution < 1.29 is 14.3 Å². The van der Waals surface area contributed by atoms with Crippen LogP contribution in [0.5, 0.6) is 5.75 Å². The third kappa shape index (κ3) is 4.72. The van der Waals surface area contributed by atoms with Crippen molar-refractivity contribution in [2.45, 2.75) is 13.8 Å². The van der Waals surface area contributed by atoms with Gasteiger partial charge in [0.2, 0.25) is 0 Å². The topological polar surface area (TPSA) is 51.5 Å². The van der Waals surface area contributed by atoms with Crippen LogP contribution in [0.2, 0.25) is 0 Å². The van der Waals surface area contributed by atoms with E-state index in [4.69, 9.17) is 4.74 Å². The molecule has 0 radical (unpaired) electrons. The molecule has 1 aromatic heterocycles. The summed E-state index contributed by atoms with van der Waals surface area (Å²) in [4.78, 5) is 26.9. The highest BCUT2D eigenvalue weighted by Crippen LogP contribution is 2.33. The Morgan fingerprint density at radius 2 is 1.74 bits per heavy atom. The molecule has 4 rings (SSSR count). The van der Waals surface area contributed by atoms with E-state index in [9.17, 15) is 9.59 Å². The number of aryl methyl sites for hydroxylation is 1. The van der Waals surface area contributed by atoms with Crippen molar-refractivity contribution in [1.82, 2.24) is 9.47 Å². The molecule has 0 saturated carbocycles. The zero-order valence-electron chi connectivity index (χ0n) is 17.2. The van der Waals surface area contributed by atoms with Gasteiger partial charge in [-0.25, -0.2) is 0 Å². The summed E-state index contributed by atoms with van der Waals surface area (Å²) in [7, 11) is 0. The molecule has 0 N–H and O–H groups in total. The van der Waals surface area contributed by atoms with E-state index >= 15 is 0 Å². The first-order valence-corrected chi connectivity index (χ1v) is 11.7. The first kappa shape index (κ1) is 21.7. The molecule has 0 atom stereocenters. The Morgan fingerprint density at radius 1 is 1.03 bits per heavy atom. The van der Waals surface area contributed by atoms with E-state index in [1.54, 1.807) is 0 Å². The van der Waals surface area contributed by atoms with Gasteiger partial charge in [-0.3, -0.25) is 14.5 Å². The van der Waals surface area contributed by atoms with Gasteiger partial charge in [-0.05, 0) is 102 Å². The molecule has 0 unspecified atom stereocenters. The predicted octanol–water partition coefficient (Wildman–Crippen LogP) is 5.81. The number of para-hydroxylation sites is 1. The number of thioether (sulfide) groups is 1. The van der Waals surface area contributed by atoms with E-state index in [0.29, 0.717) is 10.7 Å². The maximum Gasteiger partial charge on any atom is 0.293 e. The molecular weight excluding hydrogens is 523 g/mol. The van der Waals surface area contributed by atoms with Crippen LogP contribution in [-0.2, 0) is 4.79 Å². The summed E-state index contributed by atoms with van der Waals surface area (Å²) < 4.78 is 8.96. The largest absolute Gasteiger partial charge is 0.492 e. The molecule has 1 aliphatic rings. The number of imide groups is 1. The minimum atomic E-state index is -0.272. The Kier molecular flexibility index (Phi) is 6.52. The summed E-state index contributed by atoms with van der Waals surface area (Å²) in [6.07, 6.45) is 1.81. The van der Waals surface area contributed by atoms with Gasteiger partial charge in [0, 0.05) is 20.6 Å². The number of amides is 2. The monoisotopic (exact) mass is 544 g/mol. The summed E-state index contributed by atoms with van der Waals surface area (Å²) >= 11 is 3.26. The summed E-state index contributed by atoms with van der Waals surface area (Å²) in [6.45, 7) is 4.54. The Labute approximate surface area is 199 Å². The van der Waals surface area contributed by atoms with Gasteiger partial charge < -0.3 is 9.30 Å². The van der Waals surface area contributed by atoms with E-state index in [0.717, 1.165) is 34.4 Å². The molecule has 31 heavy (non-hydrogen) atoms. The number of ether oxygens (including phenoxy) is 1. The molecule has 5 nitrogen and oxygen atoms in total. The fraction of sp³-hybridized carbons (Fsp3) is 0.167. The summed E-state index contributed by atoms with van der Waals surface area (Å²) in [5, 5.41) is -0.264. The average Bonchev–Trinajstić information content (AvgIpc) is 3.19. The summed E-state index contributed by atoms with van der Waals surface area (Å²) in [5.41, 5.74) is 4.10. The van der Waals surface area contributed by atoms with Crippen LogP contribution in [0.4, 0.5) is 4.79 Å². The number of nitrogens with zero attached hydrogens (tertiary/aromatic N) is 2. The number of hydrogen-bond donors (Lipinski definition) is 0. The third-order valence-corrected chi connectivity index (χ3v) is 6.67. The Morgan fingerprint density at radius 3 is 2.45 bits per heavy atom. The molecule has 158 valence electrons. The van der Waals surface area contributed by atoms with Gasteiger partial charge in [0.05, 0.1) is 11.4 Å². The van der Waals surface area contributed by atoms with Gasteiger partial charge in [0.1, 0.15) is 12.4 Å². The van der Waals surface area contributed by atoms with Crippen LogP contribution in [0.25, 0.3) is 11.8 Å². The van der Waals surface area contributed by atoms with Crippen molar-refractivity contribution in [2.24, 2.45) is 0 Å². The fourth-order valence-electron chi connectivity index (χ4n) is 3.53. The first-order chi connectivity index (χ1) is 14.9. The second-order valence-electron chi connectivity index (χ2n) is 7.13. The molecule has 1 fully saturated rings. The van der Waals surface area contributed by atoms with Crippen molar-refractivity contribution in [3.8, 4) is 11.4 Å². The molecule has 2 amide bonds. The van der Waals surface area contributed by atoms with E-state index in [2.05, 4.69) is 51.4 Å². The lowest BCUT2D eigenvalue weighted by Crippen LogP contribution is -2.32. The number of carbonyl (C=O) groups is 2. The molecule has 0 aliphatic carbocycles. The van der Waals surface area contributed by atoms with Crippen molar-refractivity contribution in [3.05, 3.63) is 86.1 Å². The average molecular weight is 544 g/mol. The molecule has 2 heterocycles. The zero-order valence-corrected chi connectivity index (χ0v) is 20.1. The van der Waals surface area contributed by atoms with Gasteiger partial charge in [-0.2, -0.15) is 0 Å². The summed E-state index contributed by atoms with van der Waals surface area (Å²) in [6, 6.07) is 19.7. The van der Waals surface area contributed by atoms with Crippen molar-refractivity contribution in [1.29, 1.82) is 0 Å². The number of aromatic nitrogens is 1. The second-order valence-corrected chi connectivity index (χ2v) is 9.37. The van der Waals surface area contributed by atoms with E-state index < -0.39 is 0 Å². The molecular formula is C24H21IN2O3S. The van der Waals surface area contributed by atoms with Gasteiger partial charge in [-0.1, -0.05) is 18.2 Å². The van der Waals surface area contributed by atoms with Crippen molar-refractivity contribution >= 4 is 51.6 Å². The van der Waals surface area contributed by atoms with Crippen LogP contribution < -0.4 is 4.74 Å². The highest BCUT2D eigenvalue weighted by molar-refractivity contribution is 14.1. The quantitative estimate of drug-likeness (QED) is 0.290. The van der Waals surface area contributed by atoms with Gasteiger partial charge >= 0.3 is 0 Å². The fourth-order valence-corrected chi connectivity index (χ4v) is 4.74. The Bertz CT molecular complexity index is 1150. The summed E-state index contributed by atoms with van der Waals surface area (Å²) in [5.74, 6) is 0.443. The SMILES string of the molecule is Cc1cc(/C=C2\SC(=O)N(CCOc3ccccc3)C2=O)c(C)n1-c1ccc(I)cc1. The lowest BCUT2D eigenvalue weighted by Gasteiger charge is -2.13. The van der Waals surface area contributed by atoms with Gasteiger partial charge in [-0.15, -0.1) is 0 Å². The number of halogens is 1. The Hall–Kier alpha value is -2.52. The molecule has 0 spiro atoms. The number of benzene rings is 2. The molecule has 7 heteroatoms. The van der Waals surface area contributed by atoms with Gasteiger partial charge in [0.15, 0.2) is 0 Å². The van der Waals surface area contributed by atoms with Crippen LogP contribution >= 0.6 is 34.4 Å². The highest BCUT2D eigenvalue weighted by Gasteiger charge is 2.35. The van der Waals surface area contributed by atoms with E-state index in [1.165, 1.54) is 8.47 Å². The molecule has 2 aromatic carbocycles. The number of rotatable bonds is 6. The van der Waals surface area contributed by atoms with Crippen LogP contribution in [0.1, 0.15) is 17.0 Å². The second kappa shape index (κ2) is 9.32. The minimum absolute atomic E-state index is 0.221. The van der Waals surface area contributed by atoms with Crippen LogP contribution in [0.15, 0.2) is 65.6 Å².